The van der Waals surface area contributed by atoms with Crippen molar-refractivity contribution in [2.24, 2.45) is 0 Å². The summed E-state index contributed by atoms with van der Waals surface area (Å²) < 4.78 is 5.95. The summed E-state index contributed by atoms with van der Waals surface area (Å²) >= 11 is 0. The lowest BCUT2D eigenvalue weighted by Crippen LogP contribution is -2.38. The zero-order chi connectivity index (χ0) is 17.8. The van der Waals surface area contributed by atoms with Crippen LogP contribution in [0.3, 0.4) is 0 Å². The Hall–Kier alpha value is -2.32. The van der Waals surface area contributed by atoms with Crippen molar-refractivity contribution in [2.75, 3.05) is 50.1 Å². The zero-order valence-corrected chi connectivity index (χ0v) is 15.1. The second-order valence-electron chi connectivity index (χ2n) is 6.68. The maximum Gasteiger partial charge on any atom is 0.225 e. The average molecular weight is 355 g/mol. The van der Waals surface area contributed by atoms with Gasteiger partial charge in [0, 0.05) is 58.4 Å². The van der Waals surface area contributed by atoms with Crippen LogP contribution in [0.4, 0.5) is 11.8 Å². The smallest absolute Gasteiger partial charge is 0.225 e. The molecule has 4 heterocycles. The third kappa shape index (κ3) is 3.76. The molecule has 8 heteroatoms. The molecule has 2 saturated heterocycles. The van der Waals surface area contributed by atoms with Crippen molar-refractivity contribution in [2.45, 2.75) is 25.5 Å². The summed E-state index contributed by atoms with van der Waals surface area (Å²) in [5.41, 5.74) is 1.91. The van der Waals surface area contributed by atoms with Gasteiger partial charge in [-0.2, -0.15) is 0 Å². The Morgan fingerprint density at radius 3 is 2.81 bits per heavy atom. The van der Waals surface area contributed by atoms with Gasteiger partial charge in [-0.1, -0.05) is 0 Å². The molecule has 0 unspecified atom stereocenters. The highest BCUT2D eigenvalue weighted by molar-refractivity contribution is 5.40. The SMILES string of the molecule is CNc1nccnc1[C@H]1CN(Cc2ccnc(N3CCCC3)n2)CCO1. The molecular formula is C18H25N7O. The quantitative estimate of drug-likeness (QED) is 0.864. The monoisotopic (exact) mass is 355 g/mol. The molecule has 2 aromatic heterocycles. The standard InChI is InChI=1S/C18H25N7O/c1-19-17-16(20-6-7-21-17)15-13-24(10-11-26-15)12-14-4-5-22-18(23-14)25-8-2-3-9-25/h4-7,15H,2-3,8-13H2,1H3,(H,19,21)/t15-/m1/s1. The first-order chi connectivity index (χ1) is 12.8. The topological polar surface area (TPSA) is 79.3 Å². The van der Waals surface area contributed by atoms with Crippen molar-refractivity contribution in [3.05, 3.63) is 36.0 Å². The Balaban J connectivity index is 1.44. The molecule has 0 bridgehead atoms. The van der Waals surface area contributed by atoms with Crippen LogP contribution in [0.1, 0.15) is 30.3 Å². The van der Waals surface area contributed by atoms with E-state index in [2.05, 4.69) is 30.1 Å². The van der Waals surface area contributed by atoms with Gasteiger partial charge in [0.05, 0.1) is 12.3 Å². The van der Waals surface area contributed by atoms with E-state index in [1.807, 2.05) is 19.3 Å². The van der Waals surface area contributed by atoms with Gasteiger partial charge >= 0.3 is 0 Å². The average Bonchev–Trinajstić information content (AvgIpc) is 3.23. The van der Waals surface area contributed by atoms with E-state index in [4.69, 9.17) is 9.72 Å². The Labute approximate surface area is 153 Å². The van der Waals surface area contributed by atoms with Gasteiger partial charge in [0.1, 0.15) is 17.6 Å². The van der Waals surface area contributed by atoms with E-state index in [9.17, 15) is 0 Å². The van der Waals surface area contributed by atoms with E-state index in [0.717, 1.165) is 55.9 Å². The Bertz CT molecular complexity index is 735. The van der Waals surface area contributed by atoms with Crippen LogP contribution in [0.5, 0.6) is 0 Å². The normalized spacial score (nSPS) is 21.1. The number of nitrogens with zero attached hydrogens (tertiary/aromatic N) is 6. The highest BCUT2D eigenvalue weighted by Crippen LogP contribution is 2.25. The summed E-state index contributed by atoms with van der Waals surface area (Å²) in [5, 5.41) is 3.10. The summed E-state index contributed by atoms with van der Waals surface area (Å²) in [5.74, 6) is 1.63. The van der Waals surface area contributed by atoms with E-state index in [0.29, 0.717) is 6.61 Å². The molecule has 8 nitrogen and oxygen atoms in total. The lowest BCUT2D eigenvalue weighted by atomic mass is 10.2. The van der Waals surface area contributed by atoms with Crippen LogP contribution in [0.15, 0.2) is 24.7 Å². The summed E-state index contributed by atoms with van der Waals surface area (Å²) in [6.45, 7) is 5.24. The number of anilines is 2. The van der Waals surface area contributed by atoms with Crippen LogP contribution in [-0.2, 0) is 11.3 Å². The molecule has 0 radical (unpaired) electrons. The Kier molecular flexibility index (Phi) is 5.21. The second-order valence-corrected chi connectivity index (χ2v) is 6.68. The van der Waals surface area contributed by atoms with Crippen molar-refractivity contribution in [3.8, 4) is 0 Å². The molecule has 2 aliphatic heterocycles. The van der Waals surface area contributed by atoms with E-state index < -0.39 is 0 Å². The zero-order valence-electron chi connectivity index (χ0n) is 15.1. The molecule has 4 rings (SSSR count). The van der Waals surface area contributed by atoms with Crippen LogP contribution in [0.25, 0.3) is 0 Å². The van der Waals surface area contributed by atoms with Crippen LogP contribution >= 0.6 is 0 Å². The molecular weight excluding hydrogens is 330 g/mol. The fraction of sp³-hybridized carbons (Fsp3) is 0.556. The van der Waals surface area contributed by atoms with Crippen molar-refractivity contribution in [3.63, 3.8) is 0 Å². The number of morpholine rings is 1. The lowest BCUT2D eigenvalue weighted by molar-refractivity contribution is -0.0351. The van der Waals surface area contributed by atoms with Crippen LogP contribution < -0.4 is 10.2 Å². The van der Waals surface area contributed by atoms with E-state index in [1.54, 1.807) is 12.4 Å². The van der Waals surface area contributed by atoms with Crippen LogP contribution in [0, 0.1) is 0 Å². The molecule has 0 spiro atoms. The first-order valence-corrected chi connectivity index (χ1v) is 9.23. The summed E-state index contributed by atoms with van der Waals surface area (Å²) in [4.78, 5) is 22.7. The highest BCUT2D eigenvalue weighted by atomic mass is 16.5. The number of hydrogen-bond acceptors (Lipinski definition) is 8. The molecule has 1 N–H and O–H groups in total. The minimum atomic E-state index is -0.0835. The summed E-state index contributed by atoms with van der Waals surface area (Å²) in [6, 6.07) is 2.01. The summed E-state index contributed by atoms with van der Waals surface area (Å²) in [6.07, 6.45) is 7.65. The van der Waals surface area contributed by atoms with Gasteiger partial charge in [-0.15, -0.1) is 0 Å². The van der Waals surface area contributed by atoms with Gasteiger partial charge in [0.25, 0.3) is 0 Å². The predicted molar refractivity (Wildman–Crippen MR) is 99.0 cm³/mol. The lowest BCUT2D eigenvalue weighted by Gasteiger charge is -2.32. The number of ether oxygens (including phenoxy) is 1. The molecule has 2 fully saturated rings. The Morgan fingerprint density at radius 1 is 1.12 bits per heavy atom. The van der Waals surface area contributed by atoms with Crippen molar-refractivity contribution in [1.82, 2.24) is 24.8 Å². The Morgan fingerprint density at radius 2 is 1.96 bits per heavy atom. The minimum absolute atomic E-state index is 0.0835. The van der Waals surface area contributed by atoms with Gasteiger partial charge in [0.15, 0.2) is 0 Å². The number of rotatable bonds is 5. The van der Waals surface area contributed by atoms with Crippen LogP contribution in [-0.4, -0.2) is 64.7 Å². The maximum absolute atomic E-state index is 5.95. The molecule has 2 aromatic rings. The first kappa shape index (κ1) is 17.1. The third-order valence-corrected chi connectivity index (χ3v) is 4.89. The third-order valence-electron chi connectivity index (χ3n) is 4.89. The largest absolute Gasteiger partial charge is 0.372 e. The minimum Gasteiger partial charge on any atom is -0.372 e. The molecule has 26 heavy (non-hydrogen) atoms. The van der Waals surface area contributed by atoms with Gasteiger partial charge in [-0.3, -0.25) is 9.88 Å². The molecule has 0 aromatic carbocycles. The molecule has 138 valence electrons. The van der Waals surface area contributed by atoms with Gasteiger partial charge < -0.3 is 15.0 Å². The van der Waals surface area contributed by atoms with Crippen molar-refractivity contribution >= 4 is 11.8 Å². The maximum atomic E-state index is 5.95. The molecule has 0 amide bonds. The van der Waals surface area contributed by atoms with Crippen LogP contribution in [0.2, 0.25) is 0 Å². The van der Waals surface area contributed by atoms with Gasteiger partial charge in [-0.25, -0.2) is 15.0 Å². The number of hydrogen-bond donors (Lipinski definition) is 1. The van der Waals surface area contributed by atoms with E-state index in [1.165, 1.54) is 12.8 Å². The molecule has 0 saturated carbocycles. The fourth-order valence-electron chi connectivity index (χ4n) is 3.56. The molecule has 2 aliphatic rings. The van der Waals surface area contributed by atoms with E-state index in [-0.39, 0.29) is 6.10 Å². The fourth-order valence-corrected chi connectivity index (χ4v) is 3.56. The first-order valence-electron chi connectivity index (χ1n) is 9.23. The number of nitrogens with one attached hydrogen (secondary N) is 1. The second kappa shape index (κ2) is 7.92. The van der Waals surface area contributed by atoms with Gasteiger partial charge in [0.2, 0.25) is 5.95 Å². The summed E-state index contributed by atoms with van der Waals surface area (Å²) in [7, 11) is 1.86. The van der Waals surface area contributed by atoms with E-state index >= 15 is 0 Å². The van der Waals surface area contributed by atoms with Crippen molar-refractivity contribution < 1.29 is 4.74 Å². The number of aromatic nitrogens is 4. The van der Waals surface area contributed by atoms with Gasteiger partial charge in [-0.05, 0) is 18.9 Å². The highest BCUT2D eigenvalue weighted by Gasteiger charge is 2.26. The molecule has 0 aliphatic carbocycles. The van der Waals surface area contributed by atoms with Crippen molar-refractivity contribution in [1.29, 1.82) is 0 Å². The predicted octanol–water partition coefficient (Wildman–Crippen LogP) is 1.48. The molecule has 1 atom stereocenters.